The van der Waals surface area contributed by atoms with Crippen molar-refractivity contribution in [3.63, 3.8) is 0 Å². The Morgan fingerprint density at radius 2 is 1.33 bits per heavy atom. The largest absolute Gasteiger partial charge is 0.467 e. The van der Waals surface area contributed by atoms with Crippen LogP contribution in [0.2, 0.25) is 0 Å². The number of ether oxygens (including phenoxy) is 6. The van der Waals surface area contributed by atoms with Crippen molar-refractivity contribution in [1.29, 1.82) is 0 Å². The van der Waals surface area contributed by atoms with Gasteiger partial charge in [0.15, 0.2) is 30.7 Å². The Kier molecular flexibility index (Phi) is 8.37. The predicted molar refractivity (Wildman–Crippen MR) is 115 cm³/mol. The van der Waals surface area contributed by atoms with E-state index in [1.165, 1.54) is 12.1 Å². The lowest BCUT2D eigenvalue weighted by Gasteiger charge is -2.43. The normalized spacial score (nSPS) is 25.1. The number of nitrogens with zero attached hydrogens (tertiary/aromatic N) is 1. The minimum absolute atomic E-state index is 0.201. The molecule has 2 aliphatic heterocycles. The maximum Gasteiger partial charge on any atom is 0.339 e. The lowest BCUT2D eigenvalue weighted by atomic mass is 9.97. The number of carbonyl (C=O) groups is 6. The van der Waals surface area contributed by atoms with Gasteiger partial charge in [0.2, 0.25) is 0 Å². The van der Waals surface area contributed by atoms with Crippen LogP contribution >= 0.6 is 0 Å². The SMILES string of the molecule is COC(=O)[C@H]1O[C@@H](OCCN2C(=O)c3ccccc3C2=O)[C@H](OC(C)=O)[C@@H](OC(C)=O)[C@@H]1OC(C)=O. The molecule has 36 heavy (non-hydrogen) atoms. The highest BCUT2D eigenvalue weighted by atomic mass is 16.7. The third kappa shape index (κ3) is 5.69. The maximum absolute atomic E-state index is 12.6. The van der Waals surface area contributed by atoms with Crippen molar-refractivity contribution in [3.05, 3.63) is 35.4 Å². The summed E-state index contributed by atoms with van der Waals surface area (Å²) in [5, 5.41) is 0. The number of esters is 4. The van der Waals surface area contributed by atoms with E-state index in [9.17, 15) is 28.8 Å². The van der Waals surface area contributed by atoms with Gasteiger partial charge in [-0.15, -0.1) is 0 Å². The molecule has 2 aliphatic rings. The molecule has 194 valence electrons. The lowest BCUT2D eigenvalue weighted by molar-refractivity contribution is -0.301. The monoisotopic (exact) mass is 507 g/mol. The molecule has 2 amide bonds. The number of hydrogen-bond donors (Lipinski definition) is 0. The quantitative estimate of drug-likeness (QED) is 0.263. The first-order valence-electron chi connectivity index (χ1n) is 10.9. The zero-order chi connectivity index (χ0) is 26.6. The van der Waals surface area contributed by atoms with Crippen molar-refractivity contribution < 1.29 is 57.2 Å². The van der Waals surface area contributed by atoms with E-state index >= 15 is 0 Å². The van der Waals surface area contributed by atoms with Crippen molar-refractivity contribution in [2.45, 2.75) is 51.5 Å². The Morgan fingerprint density at radius 1 is 0.833 bits per heavy atom. The van der Waals surface area contributed by atoms with E-state index in [1.54, 1.807) is 12.1 Å². The second kappa shape index (κ2) is 11.3. The summed E-state index contributed by atoms with van der Waals surface area (Å²) >= 11 is 0. The molecule has 13 heteroatoms. The summed E-state index contributed by atoms with van der Waals surface area (Å²) in [5.74, 6) is -4.48. The molecule has 1 fully saturated rings. The highest BCUT2D eigenvalue weighted by Gasteiger charge is 2.55. The van der Waals surface area contributed by atoms with Gasteiger partial charge in [0.05, 0.1) is 31.4 Å². The molecule has 0 bridgehead atoms. The Hall–Kier alpha value is -3.84. The zero-order valence-electron chi connectivity index (χ0n) is 20.0. The van der Waals surface area contributed by atoms with Gasteiger partial charge >= 0.3 is 23.9 Å². The van der Waals surface area contributed by atoms with Crippen LogP contribution < -0.4 is 0 Å². The summed E-state index contributed by atoms with van der Waals surface area (Å²) in [6, 6.07) is 6.31. The number of amides is 2. The fourth-order valence-corrected chi connectivity index (χ4v) is 3.92. The van der Waals surface area contributed by atoms with Gasteiger partial charge in [-0.1, -0.05) is 12.1 Å². The highest BCUT2D eigenvalue weighted by molar-refractivity contribution is 6.21. The summed E-state index contributed by atoms with van der Waals surface area (Å²) < 4.78 is 31.7. The zero-order valence-corrected chi connectivity index (χ0v) is 20.0. The molecule has 13 nitrogen and oxygen atoms in total. The van der Waals surface area contributed by atoms with E-state index in [0.29, 0.717) is 0 Å². The fourth-order valence-electron chi connectivity index (χ4n) is 3.92. The van der Waals surface area contributed by atoms with Gasteiger partial charge in [-0.05, 0) is 12.1 Å². The molecule has 0 N–H and O–H groups in total. The molecule has 1 aromatic rings. The lowest BCUT2D eigenvalue weighted by Crippen LogP contribution is -2.64. The van der Waals surface area contributed by atoms with E-state index in [2.05, 4.69) is 0 Å². The van der Waals surface area contributed by atoms with Crippen LogP contribution in [0.1, 0.15) is 41.5 Å². The molecular weight excluding hydrogens is 482 g/mol. The van der Waals surface area contributed by atoms with Crippen molar-refractivity contribution in [3.8, 4) is 0 Å². The fraction of sp³-hybridized carbons (Fsp3) is 0.478. The molecule has 0 unspecified atom stereocenters. The highest BCUT2D eigenvalue weighted by Crippen LogP contribution is 2.30. The van der Waals surface area contributed by atoms with Crippen molar-refractivity contribution in [1.82, 2.24) is 4.90 Å². The Morgan fingerprint density at radius 3 is 1.83 bits per heavy atom. The minimum Gasteiger partial charge on any atom is -0.467 e. The third-order valence-electron chi connectivity index (χ3n) is 5.31. The number of carbonyl (C=O) groups excluding carboxylic acids is 6. The molecule has 0 radical (unpaired) electrons. The molecule has 0 aromatic heterocycles. The molecular formula is C23H25NO12. The standard InChI is InChI=1S/C23H25NO12/c1-11(25)33-16-17(34-12(2)26)19(35-13(3)27)23(36-18(16)22(30)31-4)32-10-9-24-20(28)14-7-5-6-8-15(14)21(24)29/h5-8,16-19,23H,9-10H2,1-4H3/t16-,17-,18-,19+,23+/m0/s1. The average Bonchev–Trinajstić information content (AvgIpc) is 3.06. The first-order valence-corrected chi connectivity index (χ1v) is 10.9. The molecule has 0 spiro atoms. The van der Waals surface area contributed by atoms with Crippen LogP contribution in [-0.2, 0) is 47.6 Å². The topological polar surface area (TPSA) is 161 Å². The molecule has 2 heterocycles. The van der Waals surface area contributed by atoms with Crippen LogP contribution in [0.25, 0.3) is 0 Å². The molecule has 5 atom stereocenters. The van der Waals surface area contributed by atoms with E-state index in [0.717, 1.165) is 32.8 Å². The number of methoxy groups -OCH3 is 1. The summed E-state index contributed by atoms with van der Waals surface area (Å²) in [6.07, 6.45) is -7.64. The van der Waals surface area contributed by atoms with Gasteiger partial charge in [0.25, 0.3) is 11.8 Å². The smallest absolute Gasteiger partial charge is 0.339 e. The predicted octanol–water partition coefficient (Wildman–Crippen LogP) is -0.00780. The molecule has 0 aliphatic carbocycles. The van der Waals surface area contributed by atoms with Crippen molar-refractivity contribution in [2.24, 2.45) is 0 Å². The van der Waals surface area contributed by atoms with Gasteiger partial charge in [-0.2, -0.15) is 0 Å². The minimum atomic E-state index is -1.61. The molecule has 0 saturated carbocycles. The summed E-state index contributed by atoms with van der Waals surface area (Å²) in [5.41, 5.74) is 0.498. The number of benzene rings is 1. The maximum atomic E-state index is 12.6. The van der Waals surface area contributed by atoms with E-state index in [1.807, 2.05) is 0 Å². The Balaban J connectivity index is 1.83. The van der Waals surface area contributed by atoms with E-state index in [4.69, 9.17) is 28.4 Å². The number of fused-ring (bicyclic) bond motifs is 1. The number of imide groups is 1. The van der Waals surface area contributed by atoms with E-state index in [-0.39, 0.29) is 24.3 Å². The third-order valence-corrected chi connectivity index (χ3v) is 5.31. The Bertz CT molecular complexity index is 1030. The van der Waals surface area contributed by atoms with Crippen molar-refractivity contribution in [2.75, 3.05) is 20.3 Å². The second-order valence-corrected chi connectivity index (χ2v) is 7.85. The molecule has 1 saturated heterocycles. The molecule has 1 aromatic carbocycles. The summed E-state index contributed by atoms with van der Waals surface area (Å²) in [6.45, 7) is 2.70. The van der Waals surface area contributed by atoms with E-state index < -0.39 is 66.4 Å². The van der Waals surface area contributed by atoms with Gasteiger partial charge < -0.3 is 28.4 Å². The van der Waals surface area contributed by atoms with Crippen molar-refractivity contribution >= 4 is 35.7 Å². The summed E-state index contributed by atoms with van der Waals surface area (Å²) in [4.78, 5) is 73.9. The van der Waals surface area contributed by atoms with Crippen LogP contribution in [0.4, 0.5) is 0 Å². The first kappa shape index (κ1) is 26.8. The number of hydrogen-bond acceptors (Lipinski definition) is 12. The summed E-state index contributed by atoms with van der Waals surface area (Å²) in [7, 11) is 1.06. The van der Waals surface area contributed by atoms with Crippen LogP contribution in [-0.4, -0.2) is 91.6 Å². The van der Waals surface area contributed by atoms with Crippen LogP contribution in [0.3, 0.4) is 0 Å². The van der Waals surface area contributed by atoms with Gasteiger partial charge in [0.1, 0.15) is 0 Å². The van der Waals surface area contributed by atoms with Crippen LogP contribution in [0.15, 0.2) is 24.3 Å². The van der Waals surface area contributed by atoms with Crippen LogP contribution in [0.5, 0.6) is 0 Å². The van der Waals surface area contributed by atoms with Gasteiger partial charge in [-0.3, -0.25) is 28.9 Å². The van der Waals surface area contributed by atoms with Gasteiger partial charge in [-0.25, -0.2) is 4.79 Å². The molecule has 3 rings (SSSR count). The number of rotatable bonds is 8. The Labute approximate surface area is 205 Å². The average molecular weight is 507 g/mol. The first-order chi connectivity index (χ1) is 17.0. The second-order valence-electron chi connectivity index (χ2n) is 7.85. The van der Waals surface area contributed by atoms with Crippen LogP contribution in [0, 0.1) is 0 Å². The van der Waals surface area contributed by atoms with Gasteiger partial charge in [0, 0.05) is 20.8 Å².